The molecule has 0 fully saturated rings. The van der Waals surface area contributed by atoms with Crippen LogP contribution >= 0.6 is 0 Å². The van der Waals surface area contributed by atoms with Gasteiger partial charge >= 0.3 is 5.97 Å². The summed E-state index contributed by atoms with van der Waals surface area (Å²) in [4.78, 5) is 25.4. The fourth-order valence-electron chi connectivity index (χ4n) is 1.52. The number of carbonyl (C=O) groups is 2. The molecule has 0 bridgehead atoms. The molecule has 0 spiro atoms. The molecule has 0 unspecified atom stereocenters. The molecule has 6 nitrogen and oxygen atoms in total. The van der Waals surface area contributed by atoms with Gasteiger partial charge < -0.3 is 14.4 Å². The Morgan fingerprint density at radius 2 is 2.21 bits per heavy atom. The van der Waals surface area contributed by atoms with Crippen molar-refractivity contribution in [1.82, 2.24) is 9.80 Å². The lowest BCUT2D eigenvalue weighted by Crippen LogP contribution is -2.40. The molecule has 1 aromatic heterocycles. The van der Waals surface area contributed by atoms with Gasteiger partial charge in [0, 0.05) is 7.05 Å². The third-order valence-corrected chi connectivity index (χ3v) is 2.43. The van der Waals surface area contributed by atoms with Crippen molar-refractivity contribution in [2.24, 2.45) is 0 Å². The first-order chi connectivity index (χ1) is 9.02. The van der Waals surface area contributed by atoms with Crippen LogP contribution < -0.4 is 0 Å². The standard InChI is InChI=1S/C13H16N2O4/c1-3-6-15(10-13(17)18)9-12(16)14(2)8-11-5-4-7-19-11/h1,4-5,7H,6,8-10H2,2H3,(H,17,18). The number of carbonyl (C=O) groups excluding carboxylic acids is 1. The molecule has 0 aliphatic heterocycles. The number of likely N-dealkylation sites (N-methyl/N-ethyl adjacent to an activating group) is 1. The van der Waals surface area contributed by atoms with Crippen LogP contribution in [0.4, 0.5) is 0 Å². The molecule has 1 heterocycles. The van der Waals surface area contributed by atoms with Gasteiger partial charge in [-0.15, -0.1) is 6.42 Å². The Balaban J connectivity index is 2.51. The smallest absolute Gasteiger partial charge is 0.317 e. The van der Waals surface area contributed by atoms with Gasteiger partial charge in [-0.2, -0.15) is 0 Å². The van der Waals surface area contributed by atoms with Crippen molar-refractivity contribution < 1.29 is 19.1 Å². The van der Waals surface area contributed by atoms with Crippen molar-refractivity contribution in [3.8, 4) is 12.3 Å². The van der Waals surface area contributed by atoms with Crippen LogP contribution in [0.1, 0.15) is 5.76 Å². The van der Waals surface area contributed by atoms with Crippen LogP contribution in [-0.4, -0.2) is 53.5 Å². The van der Waals surface area contributed by atoms with Gasteiger partial charge in [0.15, 0.2) is 0 Å². The molecule has 102 valence electrons. The normalized spacial score (nSPS) is 10.2. The molecule has 0 radical (unpaired) electrons. The van der Waals surface area contributed by atoms with Crippen molar-refractivity contribution >= 4 is 11.9 Å². The zero-order chi connectivity index (χ0) is 14.3. The number of aliphatic carboxylic acids is 1. The van der Waals surface area contributed by atoms with Gasteiger partial charge in [0.2, 0.25) is 5.91 Å². The van der Waals surface area contributed by atoms with E-state index in [9.17, 15) is 9.59 Å². The van der Waals surface area contributed by atoms with E-state index in [4.69, 9.17) is 15.9 Å². The van der Waals surface area contributed by atoms with Crippen molar-refractivity contribution in [2.45, 2.75) is 6.54 Å². The summed E-state index contributed by atoms with van der Waals surface area (Å²) < 4.78 is 5.14. The summed E-state index contributed by atoms with van der Waals surface area (Å²) in [5.74, 6) is 1.77. The molecule has 1 rings (SSSR count). The molecule has 1 amide bonds. The second-order valence-corrected chi connectivity index (χ2v) is 4.07. The number of furan rings is 1. The molecular formula is C13H16N2O4. The lowest BCUT2D eigenvalue weighted by molar-refractivity contribution is -0.139. The van der Waals surface area contributed by atoms with E-state index >= 15 is 0 Å². The largest absolute Gasteiger partial charge is 0.480 e. The second-order valence-electron chi connectivity index (χ2n) is 4.07. The molecule has 0 aliphatic carbocycles. The lowest BCUT2D eigenvalue weighted by Gasteiger charge is -2.21. The minimum Gasteiger partial charge on any atom is -0.480 e. The Kier molecular flexibility index (Phi) is 5.64. The highest BCUT2D eigenvalue weighted by Gasteiger charge is 2.16. The number of carboxylic acid groups (broad SMARTS) is 1. The third kappa shape index (κ3) is 5.27. The number of terminal acetylenes is 1. The van der Waals surface area contributed by atoms with E-state index in [2.05, 4.69) is 5.92 Å². The molecule has 1 N–H and O–H groups in total. The first-order valence-corrected chi connectivity index (χ1v) is 5.67. The van der Waals surface area contributed by atoms with E-state index in [1.807, 2.05) is 0 Å². The van der Waals surface area contributed by atoms with Crippen LogP contribution in [0.5, 0.6) is 0 Å². The molecule has 0 aliphatic rings. The predicted octanol–water partition coefficient (Wildman–Crippen LogP) is 0.258. The number of amides is 1. The Bertz CT molecular complexity index is 461. The number of hydrogen-bond donors (Lipinski definition) is 1. The van der Waals surface area contributed by atoms with Gasteiger partial charge in [-0.05, 0) is 12.1 Å². The average Bonchev–Trinajstić information content (AvgIpc) is 2.81. The van der Waals surface area contributed by atoms with Gasteiger partial charge in [-0.3, -0.25) is 14.5 Å². The van der Waals surface area contributed by atoms with Crippen LogP contribution in [0, 0.1) is 12.3 Å². The van der Waals surface area contributed by atoms with Crippen molar-refractivity contribution in [3.05, 3.63) is 24.2 Å². The van der Waals surface area contributed by atoms with Crippen LogP contribution in [0.3, 0.4) is 0 Å². The zero-order valence-electron chi connectivity index (χ0n) is 10.7. The molecule has 0 aromatic carbocycles. The van der Waals surface area contributed by atoms with E-state index in [1.165, 1.54) is 16.1 Å². The molecule has 6 heteroatoms. The highest BCUT2D eigenvalue weighted by molar-refractivity contribution is 5.79. The summed E-state index contributed by atoms with van der Waals surface area (Å²) in [6, 6.07) is 3.50. The predicted molar refractivity (Wildman–Crippen MR) is 68.1 cm³/mol. The Hall–Kier alpha value is -2.26. The highest BCUT2D eigenvalue weighted by Crippen LogP contribution is 2.04. The van der Waals surface area contributed by atoms with E-state index in [-0.39, 0.29) is 25.5 Å². The maximum Gasteiger partial charge on any atom is 0.317 e. The topological polar surface area (TPSA) is 74.0 Å². The summed E-state index contributed by atoms with van der Waals surface area (Å²) in [5, 5.41) is 8.72. The van der Waals surface area contributed by atoms with Crippen molar-refractivity contribution in [3.63, 3.8) is 0 Å². The maximum atomic E-state index is 11.9. The maximum absolute atomic E-state index is 11.9. The van der Waals surface area contributed by atoms with Gasteiger partial charge in [-0.25, -0.2) is 0 Å². The molecular weight excluding hydrogens is 248 g/mol. The summed E-state index contributed by atoms with van der Waals surface area (Å²) in [6.07, 6.45) is 6.67. The number of nitrogens with zero attached hydrogens (tertiary/aromatic N) is 2. The summed E-state index contributed by atoms with van der Waals surface area (Å²) in [6.45, 7) is 0.160. The fraction of sp³-hybridized carbons (Fsp3) is 0.385. The van der Waals surface area contributed by atoms with Crippen molar-refractivity contribution in [1.29, 1.82) is 0 Å². The first-order valence-electron chi connectivity index (χ1n) is 5.67. The van der Waals surface area contributed by atoms with Crippen LogP contribution in [0.2, 0.25) is 0 Å². The second kappa shape index (κ2) is 7.24. The number of rotatable bonds is 7. The Morgan fingerprint density at radius 1 is 1.47 bits per heavy atom. The molecule has 0 saturated heterocycles. The van der Waals surface area contributed by atoms with E-state index in [0.29, 0.717) is 12.3 Å². The van der Waals surface area contributed by atoms with Crippen LogP contribution in [-0.2, 0) is 16.1 Å². The molecule has 19 heavy (non-hydrogen) atoms. The monoisotopic (exact) mass is 264 g/mol. The third-order valence-electron chi connectivity index (χ3n) is 2.43. The Morgan fingerprint density at radius 3 is 2.74 bits per heavy atom. The van der Waals surface area contributed by atoms with E-state index in [0.717, 1.165) is 0 Å². The molecule has 0 saturated carbocycles. The summed E-state index contributed by atoms with van der Waals surface area (Å²) in [7, 11) is 1.62. The summed E-state index contributed by atoms with van der Waals surface area (Å²) in [5.41, 5.74) is 0. The van der Waals surface area contributed by atoms with Gasteiger partial charge in [0.25, 0.3) is 0 Å². The van der Waals surface area contributed by atoms with Gasteiger partial charge in [-0.1, -0.05) is 5.92 Å². The highest BCUT2D eigenvalue weighted by atomic mass is 16.4. The average molecular weight is 264 g/mol. The van der Waals surface area contributed by atoms with Crippen LogP contribution in [0.25, 0.3) is 0 Å². The van der Waals surface area contributed by atoms with Crippen molar-refractivity contribution in [2.75, 3.05) is 26.7 Å². The quantitative estimate of drug-likeness (QED) is 0.715. The van der Waals surface area contributed by atoms with Gasteiger partial charge in [0.1, 0.15) is 5.76 Å². The number of hydrogen-bond acceptors (Lipinski definition) is 4. The minimum atomic E-state index is -1.02. The first kappa shape index (κ1) is 14.8. The summed E-state index contributed by atoms with van der Waals surface area (Å²) >= 11 is 0. The molecule has 0 atom stereocenters. The van der Waals surface area contributed by atoms with Gasteiger partial charge in [0.05, 0.1) is 32.4 Å². The molecule has 1 aromatic rings. The van der Waals surface area contributed by atoms with E-state index in [1.54, 1.807) is 19.2 Å². The SMILES string of the molecule is C#CCN(CC(=O)O)CC(=O)N(C)Cc1ccco1. The zero-order valence-corrected chi connectivity index (χ0v) is 10.7. The van der Waals surface area contributed by atoms with Crippen LogP contribution in [0.15, 0.2) is 22.8 Å². The van der Waals surface area contributed by atoms with E-state index < -0.39 is 5.97 Å². The Labute approximate surface area is 111 Å². The minimum absolute atomic E-state index is 0.0340. The number of carboxylic acids is 1. The fourth-order valence-corrected chi connectivity index (χ4v) is 1.52. The lowest BCUT2D eigenvalue weighted by atomic mass is 10.3.